The van der Waals surface area contributed by atoms with Gasteiger partial charge in [-0.15, -0.1) is 0 Å². The Bertz CT molecular complexity index is 874. The SMILES string of the molecule is Cc1cc(C)c(NC(=O)COC(=O)CN2C(=O)N[C@@]3(CCCC[C@@H]3C)C2=O)c(C)c1. The molecule has 1 aromatic carbocycles. The van der Waals surface area contributed by atoms with Crippen LogP contribution in [0.2, 0.25) is 0 Å². The van der Waals surface area contributed by atoms with E-state index in [1.54, 1.807) is 0 Å². The normalized spacial score (nSPS) is 23.5. The van der Waals surface area contributed by atoms with Gasteiger partial charge in [0.2, 0.25) is 0 Å². The molecule has 0 unspecified atom stereocenters. The van der Waals surface area contributed by atoms with E-state index in [0.717, 1.165) is 40.9 Å². The van der Waals surface area contributed by atoms with Crippen LogP contribution < -0.4 is 10.6 Å². The quantitative estimate of drug-likeness (QED) is 0.568. The number of esters is 1. The molecule has 4 amide bonds. The topological polar surface area (TPSA) is 105 Å². The summed E-state index contributed by atoms with van der Waals surface area (Å²) >= 11 is 0. The van der Waals surface area contributed by atoms with Gasteiger partial charge in [-0.25, -0.2) is 4.79 Å². The van der Waals surface area contributed by atoms with Crippen molar-refractivity contribution in [2.75, 3.05) is 18.5 Å². The number of nitrogens with one attached hydrogen (secondary N) is 2. The van der Waals surface area contributed by atoms with Crippen LogP contribution >= 0.6 is 0 Å². The van der Waals surface area contributed by atoms with Crippen molar-refractivity contribution in [2.24, 2.45) is 5.92 Å². The number of carbonyl (C=O) groups is 4. The Hall–Kier alpha value is -2.90. The van der Waals surface area contributed by atoms with Crippen LogP contribution in [-0.4, -0.2) is 47.4 Å². The van der Waals surface area contributed by atoms with Crippen molar-refractivity contribution in [1.82, 2.24) is 10.2 Å². The lowest BCUT2D eigenvalue weighted by Gasteiger charge is -2.36. The highest BCUT2D eigenvalue weighted by atomic mass is 16.5. The summed E-state index contributed by atoms with van der Waals surface area (Å²) < 4.78 is 5.02. The van der Waals surface area contributed by atoms with Gasteiger partial charge < -0.3 is 15.4 Å². The molecule has 30 heavy (non-hydrogen) atoms. The van der Waals surface area contributed by atoms with Crippen LogP contribution in [0.25, 0.3) is 0 Å². The average molecular weight is 415 g/mol. The van der Waals surface area contributed by atoms with Gasteiger partial charge in [-0.2, -0.15) is 0 Å². The third-order valence-electron chi connectivity index (χ3n) is 6.09. The highest BCUT2D eigenvalue weighted by molar-refractivity contribution is 6.09. The molecule has 2 N–H and O–H groups in total. The van der Waals surface area contributed by atoms with E-state index in [4.69, 9.17) is 4.74 Å². The van der Waals surface area contributed by atoms with Crippen molar-refractivity contribution in [3.8, 4) is 0 Å². The van der Waals surface area contributed by atoms with E-state index in [-0.39, 0.29) is 11.8 Å². The number of urea groups is 1. The number of anilines is 1. The Kier molecular flexibility index (Phi) is 6.14. The van der Waals surface area contributed by atoms with E-state index < -0.39 is 36.6 Å². The summed E-state index contributed by atoms with van der Waals surface area (Å²) in [5.74, 6) is -1.65. The molecule has 0 bridgehead atoms. The largest absolute Gasteiger partial charge is 0.454 e. The van der Waals surface area contributed by atoms with Crippen molar-refractivity contribution >= 4 is 29.5 Å². The number of hydrogen-bond acceptors (Lipinski definition) is 5. The van der Waals surface area contributed by atoms with Gasteiger partial charge >= 0.3 is 12.0 Å². The zero-order valence-corrected chi connectivity index (χ0v) is 18.0. The smallest absolute Gasteiger partial charge is 0.326 e. The maximum Gasteiger partial charge on any atom is 0.326 e. The van der Waals surface area contributed by atoms with Crippen LogP contribution in [0.4, 0.5) is 10.5 Å². The van der Waals surface area contributed by atoms with Gasteiger partial charge in [0.05, 0.1) is 0 Å². The summed E-state index contributed by atoms with van der Waals surface area (Å²) in [4.78, 5) is 50.5. The molecular weight excluding hydrogens is 386 g/mol. The zero-order valence-electron chi connectivity index (χ0n) is 18.0. The summed E-state index contributed by atoms with van der Waals surface area (Å²) in [6, 6.07) is 3.32. The minimum absolute atomic E-state index is 0.00971. The molecule has 0 aromatic heterocycles. The molecule has 1 aliphatic carbocycles. The molecule has 1 saturated heterocycles. The first-order valence-corrected chi connectivity index (χ1v) is 10.3. The minimum Gasteiger partial charge on any atom is -0.454 e. The lowest BCUT2D eigenvalue weighted by molar-refractivity contribution is -0.150. The predicted molar refractivity (Wildman–Crippen MR) is 111 cm³/mol. The van der Waals surface area contributed by atoms with E-state index in [0.29, 0.717) is 12.1 Å². The third-order valence-corrected chi connectivity index (χ3v) is 6.09. The molecule has 162 valence electrons. The Balaban J connectivity index is 1.55. The zero-order chi connectivity index (χ0) is 22.1. The molecule has 1 aliphatic heterocycles. The maximum absolute atomic E-state index is 12.9. The lowest BCUT2D eigenvalue weighted by atomic mass is 9.73. The Labute approximate surface area is 176 Å². The van der Waals surface area contributed by atoms with E-state index >= 15 is 0 Å². The summed E-state index contributed by atoms with van der Waals surface area (Å²) in [5.41, 5.74) is 2.68. The fourth-order valence-corrected chi connectivity index (χ4v) is 4.51. The molecule has 8 heteroatoms. The molecule has 0 radical (unpaired) electrons. The molecule has 3 rings (SSSR count). The number of imide groups is 1. The number of benzene rings is 1. The first-order chi connectivity index (χ1) is 14.1. The second kappa shape index (κ2) is 8.45. The minimum atomic E-state index is -0.923. The highest BCUT2D eigenvalue weighted by Gasteiger charge is 2.55. The number of ether oxygens (including phenoxy) is 1. The predicted octanol–water partition coefficient (Wildman–Crippen LogP) is 2.59. The van der Waals surface area contributed by atoms with Crippen LogP contribution in [0.5, 0.6) is 0 Å². The van der Waals surface area contributed by atoms with E-state index in [1.165, 1.54) is 0 Å². The molecule has 8 nitrogen and oxygen atoms in total. The third kappa shape index (κ3) is 4.17. The van der Waals surface area contributed by atoms with Gasteiger partial charge in [-0.05, 0) is 50.7 Å². The van der Waals surface area contributed by atoms with Gasteiger partial charge in [0.1, 0.15) is 12.1 Å². The van der Waals surface area contributed by atoms with Crippen molar-refractivity contribution < 1.29 is 23.9 Å². The number of hydrogen-bond donors (Lipinski definition) is 2. The molecule has 1 heterocycles. The molecule has 1 saturated carbocycles. The van der Waals surface area contributed by atoms with Crippen molar-refractivity contribution in [2.45, 2.75) is 58.9 Å². The lowest BCUT2D eigenvalue weighted by Crippen LogP contribution is -2.54. The molecule has 2 atom stereocenters. The van der Waals surface area contributed by atoms with Crippen molar-refractivity contribution in [3.05, 3.63) is 28.8 Å². The first-order valence-electron chi connectivity index (χ1n) is 10.3. The number of aryl methyl sites for hydroxylation is 3. The highest BCUT2D eigenvalue weighted by Crippen LogP contribution is 2.38. The van der Waals surface area contributed by atoms with E-state index in [2.05, 4.69) is 10.6 Å². The molecular formula is C22H29N3O5. The van der Waals surface area contributed by atoms with Gasteiger partial charge in [0.25, 0.3) is 11.8 Å². The molecule has 2 aliphatic rings. The van der Waals surface area contributed by atoms with Crippen LogP contribution in [0.3, 0.4) is 0 Å². The standard InChI is InChI=1S/C22H29N3O5/c1-13-9-14(2)19(15(3)10-13)23-17(26)12-30-18(27)11-25-20(28)22(24-21(25)29)8-6-5-7-16(22)4/h9-10,16H,5-8,11-12H2,1-4H3,(H,23,26)(H,24,29)/t16-,22+/m0/s1. The molecule has 1 aromatic rings. The second-order valence-electron chi connectivity index (χ2n) is 8.42. The number of amides is 4. The van der Waals surface area contributed by atoms with Crippen LogP contribution in [-0.2, 0) is 19.1 Å². The van der Waals surface area contributed by atoms with Crippen LogP contribution in [0, 0.1) is 26.7 Å². The number of carbonyl (C=O) groups excluding carboxylic acids is 4. The molecule has 2 fully saturated rings. The first kappa shape index (κ1) is 21.8. The second-order valence-corrected chi connectivity index (χ2v) is 8.42. The van der Waals surface area contributed by atoms with Gasteiger partial charge in [0.15, 0.2) is 6.61 Å². The van der Waals surface area contributed by atoms with Gasteiger partial charge in [-0.3, -0.25) is 19.3 Å². The van der Waals surface area contributed by atoms with Gasteiger partial charge in [0, 0.05) is 5.69 Å². The Morgan fingerprint density at radius 1 is 1.20 bits per heavy atom. The fourth-order valence-electron chi connectivity index (χ4n) is 4.51. The summed E-state index contributed by atoms with van der Waals surface area (Å²) in [6.45, 7) is 6.70. The Morgan fingerprint density at radius 3 is 2.50 bits per heavy atom. The monoisotopic (exact) mass is 415 g/mol. The average Bonchev–Trinajstić information content (AvgIpc) is 2.90. The van der Waals surface area contributed by atoms with Crippen LogP contribution in [0.1, 0.15) is 49.3 Å². The molecule has 1 spiro atoms. The van der Waals surface area contributed by atoms with E-state index in [1.807, 2.05) is 39.8 Å². The van der Waals surface area contributed by atoms with Crippen molar-refractivity contribution in [3.63, 3.8) is 0 Å². The summed E-state index contributed by atoms with van der Waals surface area (Å²) in [5, 5.41) is 5.54. The van der Waals surface area contributed by atoms with Crippen LogP contribution in [0.15, 0.2) is 12.1 Å². The number of rotatable bonds is 5. The van der Waals surface area contributed by atoms with Crippen molar-refractivity contribution in [1.29, 1.82) is 0 Å². The van der Waals surface area contributed by atoms with Gasteiger partial charge in [-0.1, -0.05) is 37.5 Å². The number of nitrogens with zero attached hydrogens (tertiary/aromatic N) is 1. The summed E-state index contributed by atoms with van der Waals surface area (Å²) in [7, 11) is 0. The maximum atomic E-state index is 12.9. The fraction of sp³-hybridized carbons (Fsp3) is 0.545. The van der Waals surface area contributed by atoms with E-state index in [9.17, 15) is 19.2 Å². The Morgan fingerprint density at radius 2 is 1.87 bits per heavy atom. The summed E-state index contributed by atoms with van der Waals surface area (Å²) in [6.07, 6.45) is 3.29.